The summed E-state index contributed by atoms with van der Waals surface area (Å²) in [6.45, 7) is 0.652. The Bertz CT molecular complexity index is 1940. The van der Waals surface area contributed by atoms with Crippen LogP contribution >= 0.6 is 0 Å². The van der Waals surface area contributed by atoms with E-state index in [0.29, 0.717) is 11.9 Å². The third-order valence-corrected chi connectivity index (χ3v) is 7.71. The highest BCUT2D eigenvalue weighted by Gasteiger charge is 2.35. The maximum absolute atomic E-state index is 13.9. The molecule has 1 aliphatic heterocycles. The van der Waals surface area contributed by atoms with Crippen molar-refractivity contribution >= 4 is 32.8 Å². The highest BCUT2D eigenvalue weighted by atomic mass is 16.1. The van der Waals surface area contributed by atoms with E-state index >= 15 is 0 Å². The molecule has 3 aromatic carbocycles. The van der Waals surface area contributed by atoms with Crippen molar-refractivity contribution in [1.82, 2.24) is 14.5 Å². The Labute approximate surface area is 207 Å². The summed E-state index contributed by atoms with van der Waals surface area (Å²) in [5, 5.41) is 2.93. The van der Waals surface area contributed by atoms with Crippen LogP contribution < -0.4 is 5.56 Å². The van der Waals surface area contributed by atoms with E-state index in [1.54, 1.807) is 6.20 Å². The maximum Gasteiger partial charge on any atom is 0.260 e. The van der Waals surface area contributed by atoms with Crippen LogP contribution in [-0.2, 0) is 13.0 Å². The van der Waals surface area contributed by atoms with Crippen LogP contribution in [0.4, 0.5) is 0 Å². The van der Waals surface area contributed by atoms with Gasteiger partial charge in [-0.3, -0.25) is 9.78 Å². The van der Waals surface area contributed by atoms with Gasteiger partial charge in [0.05, 0.1) is 16.8 Å². The van der Waals surface area contributed by atoms with Gasteiger partial charge in [-0.25, -0.2) is 0 Å². The molecule has 3 aromatic heterocycles. The Morgan fingerprint density at radius 3 is 2.22 bits per heavy atom. The Kier molecular flexibility index (Phi) is 3.89. The fourth-order valence-corrected chi connectivity index (χ4v) is 6.24. The SMILES string of the molecule is O=c1c2cncc3c2c(c2n1CCc1c-2[nH]c2ccccc12)C(c1ccccc1)=C3c1ccccc1. The van der Waals surface area contributed by atoms with Gasteiger partial charge in [-0.15, -0.1) is 0 Å². The molecule has 4 nitrogen and oxygen atoms in total. The molecule has 0 bridgehead atoms. The molecular formula is C32H21N3O. The number of fused-ring (bicyclic) bond motifs is 6. The molecule has 1 aliphatic carbocycles. The molecule has 0 unspecified atom stereocenters. The van der Waals surface area contributed by atoms with Crippen molar-refractivity contribution in [1.29, 1.82) is 0 Å². The summed E-state index contributed by atoms with van der Waals surface area (Å²) in [5.41, 5.74) is 11.2. The lowest BCUT2D eigenvalue weighted by molar-refractivity contribution is 0.664. The number of benzene rings is 3. The standard InChI is InChI=1S/C32H21N3O/c36-32-24-18-33-17-23-26(19-9-3-1-4-10-19)27(20-11-5-2-6-12-20)29(28(23)24)31-30-22(15-16-35(31)32)21-13-7-8-14-25(21)34-30/h1-14,17-18,34H,15-16H2. The largest absolute Gasteiger partial charge is 0.353 e. The second-order valence-corrected chi connectivity index (χ2v) is 9.55. The zero-order valence-corrected chi connectivity index (χ0v) is 19.5. The Hall–Kier alpha value is -4.70. The molecule has 0 amide bonds. The first kappa shape index (κ1) is 19.6. The number of H-pyrrole nitrogens is 1. The highest BCUT2D eigenvalue weighted by Crippen LogP contribution is 2.51. The highest BCUT2D eigenvalue weighted by molar-refractivity contribution is 6.22. The first-order chi connectivity index (χ1) is 17.8. The number of hydrogen-bond donors (Lipinski definition) is 1. The molecule has 1 N–H and O–H groups in total. The maximum atomic E-state index is 13.9. The summed E-state index contributed by atoms with van der Waals surface area (Å²) in [7, 11) is 0. The molecule has 8 rings (SSSR count). The number of rotatable bonds is 2. The van der Waals surface area contributed by atoms with Crippen molar-refractivity contribution in [2.45, 2.75) is 13.0 Å². The second kappa shape index (κ2) is 7.15. The van der Waals surface area contributed by atoms with Crippen molar-refractivity contribution in [2.75, 3.05) is 0 Å². The van der Waals surface area contributed by atoms with Crippen molar-refractivity contribution < 1.29 is 0 Å². The van der Waals surface area contributed by atoms with Gasteiger partial charge in [0.15, 0.2) is 0 Å². The lowest BCUT2D eigenvalue weighted by Crippen LogP contribution is -2.27. The van der Waals surface area contributed by atoms with Crippen molar-refractivity contribution in [2.24, 2.45) is 0 Å². The predicted molar refractivity (Wildman–Crippen MR) is 145 cm³/mol. The minimum absolute atomic E-state index is 0.0316. The van der Waals surface area contributed by atoms with Crippen LogP contribution in [0, 0.1) is 0 Å². The zero-order chi connectivity index (χ0) is 23.8. The molecule has 2 aliphatic rings. The van der Waals surface area contributed by atoms with Gasteiger partial charge < -0.3 is 9.55 Å². The minimum atomic E-state index is 0.0316. The van der Waals surface area contributed by atoms with E-state index in [2.05, 4.69) is 82.8 Å². The second-order valence-electron chi connectivity index (χ2n) is 9.55. The van der Waals surface area contributed by atoms with E-state index in [1.165, 1.54) is 10.9 Å². The summed E-state index contributed by atoms with van der Waals surface area (Å²) in [6.07, 6.45) is 4.49. The smallest absolute Gasteiger partial charge is 0.260 e. The van der Waals surface area contributed by atoms with Gasteiger partial charge in [0, 0.05) is 51.9 Å². The van der Waals surface area contributed by atoms with Crippen LogP contribution in [0.25, 0.3) is 44.2 Å². The van der Waals surface area contributed by atoms with Crippen molar-refractivity contribution in [3.63, 3.8) is 0 Å². The molecular weight excluding hydrogens is 442 g/mol. The van der Waals surface area contributed by atoms with Gasteiger partial charge in [0.25, 0.3) is 5.56 Å². The summed E-state index contributed by atoms with van der Waals surface area (Å²) in [4.78, 5) is 22.2. The fraction of sp³-hybridized carbons (Fsp3) is 0.0625. The third-order valence-electron chi connectivity index (χ3n) is 7.71. The summed E-state index contributed by atoms with van der Waals surface area (Å²) >= 11 is 0. The summed E-state index contributed by atoms with van der Waals surface area (Å²) in [6, 6.07) is 29.5. The van der Waals surface area contributed by atoms with Gasteiger partial charge in [-0.05, 0) is 34.8 Å². The molecule has 0 spiro atoms. The van der Waals surface area contributed by atoms with Crippen LogP contribution in [-0.4, -0.2) is 14.5 Å². The number of aromatic nitrogens is 3. The van der Waals surface area contributed by atoms with Crippen molar-refractivity contribution in [3.8, 4) is 11.4 Å². The number of aryl methyl sites for hydroxylation is 1. The van der Waals surface area contributed by atoms with Gasteiger partial charge in [-0.1, -0.05) is 78.9 Å². The molecule has 0 saturated heterocycles. The Morgan fingerprint density at radius 1 is 0.750 bits per heavy atom. The minimum Gasteiger partial charge on any atom is -0.353 e. The lowest BCUT2D eigenvalue weighted by Gasteiger charge is -2.24. The molecule has 4 heterocycles. The van der Waals surface area contributed by atoms with E-state index in [4.69, 9.17) is 0 Å². The van der Waals surface area contributed by atoms with Crippen LogP contribution in [0.3, 0.4) is 0 Å². The number of pyridine rings is 2. The number of hydrogen-bond acceptors (Lipinski definition) is 2. The lowest BCUT2D eigenvalue weighted by atomic mass is 9.89. The molecule has 0 radical (unpaired) electrons. The number of para-hydroxylation sites is 1. The zero-order valence-electron chi connectivity index (χ0n) is 19.5. The van der Waals surface area contributed by atoms with E-state index in [-0.39, 0.29) is 5.56 Å². The molecule has 0 saturated carbocycles. The van der Waals surface area contributed by atoms with Gasteiger partial charge in [0.2, 0.25) is 0 Å². The first-order valence-electron chi connectivity index (χ1n) is 12.3. The van der Waals surface area contributed by atoms with E-state index < -0.39 is 0 Å². The Morgan fingerprint density at radius 2 is 1.44 bits per heavy atom. The van der Waals surface area contributed by atoms with Crippen LogP contribution in [0.2, 0.25) is 0 Å². The Balaban J connectivity index is 1.60. The number of aromatic amines is 1. The molecule has 0 fully saturated rings. The molecule has 6 aromatic rings. The average molecular weight is 464 g/mol. The number of nitrogens with zero attached hydrogens (tertiary/aromatic N) is 2. The van der Waals surface area contributed by atoms with Gasteiger partial charge in [-0.2, -0.15) is 0 Å². The van der Waals surface area contributed by atoms with E-state index in [1.807, 2.05) is 22.9 Å². The normalized spacial score (nSPS) is 13.9. The van der Waals surface area contributed by atoms with Crippen LogP contribution in [0.15, 0.2) is 102 Å². The average Bonchev–Trinajstić information content (AvgIpc) is 3.49. The summed E-state index contributed by atoms with van der Waals surface area (Å²) < 4.78 is 1.97. The predicted octanol–water partition coefficient (Wildman–Crippen LogP) is 6.42. The quantitative estimate of drug-likeness (QED) is 0.322. The topological polar surface area (TPSA) is 50.7 Å². The van der Waals surface area contributed by atoms with Gasteiger partial charge in [0.1, 0.15) is 0 Å². The monoisotopic (exact) mass is 463 g/mol. The molecule has 36 heavy (non-hydrogen) atoms. The van der Waals surface area contributed by atoms with Crippen LogP contribution in [0.5, 0.6) is 0 Å². The van der Waals surface area contributed by atoms with E-state index in [9.17, 15) is 4.79 Å². The van der Waals surface area contributed by atoms with Crippen molar-refractivity contribution in [3.05, 3.63) is 135 Å². The first-order valence-corrected chi connectivity index (χ1v) is 12.3. The molecule has 0 atom stereocenters. The molecule has 4 heteroatoms. The fourth-order valence-electron chi connectivity index (χ4n) is 6.24. The van der Waals surface area contributed by atoms with Gasteiger partial charge >= 0.3 is 0 Å². The third kappa shape index (κ3) is 2.48. The van der Waals surface area contributed by atoms with E-state index in [0.717, 1.165) is 62.1 Å². The summed E-state index contributed by atoms with van der Waals surface area (Å²) in [5.74, 6) is 0. The van der Waals surface area contributed by atoms with Crippen LogP contribution in [0.1, 0.15) is 27.8 Å². The number of nitrogens with one attached hydrogen (secondary N) is 1. The molecule has 170 valence electrons.